The summed E-state index contributed by atoms with van der Waals surface area (Å²) < 4.78 is 0. The summed E-state index contributed by atoms with van der Waals surface area (Å²) in [5, 5.41) is 0. The van der Waals surface area contributed by atoms with Gasteiger partial charge >= 0.3 is 0 Å². The quantitative estimate of drug-likeness (QED) is 0.534. The second-order valence-corrected chi connectivity index (χ2v) is 5.26. The molecule has 1 fully saturated rings. The predicted octanol–water partition coefficient (Wildman–Crippen LogP) is 3.03. The van der Waals surface area contributed by atoms with Gasteiger partial charge in [-0.25, -0.2) is 0 Å². The van der Waals surface area contributed by atoms with Crippen LogP contribution in [-0.2, 0) is 6.42 Å². The van der Waals surface area contributed by atoms with Gasteiger partial charge in [0.05, 0.1) is 0 Å². The first kappa shape index (κ1) is 12.6. The zero-order chi connectivity index (χ0) is 11.9. The Labute approximate surface area is 105 Å². The second-order valence-electron chi connectivity index (χ2n) is 5.26. The number of hydrogen-bond acceptors (Lipinski definition) is 2. The molecule has 94 valence electrons. The summed E-state index contributed by atoms with van der Waals surface area (Å²) in [5.74, 6) is 6.62. The molecule has 2 heteroatoms. The van der Waals surface area contributed by atoms with Crippen molar-refractivity contribution in [2.45, 2.75) is 51.0 Å². The molecule has 0 aromatic heterocycles. The Morgan fingerprint density at radius 3 is 2.59 bits per heavy atom. The number of hydrogen-bond donors (Lipinski definition) is 2. The summed E-state index contributed by atoms with van der Waals surface area (Å²) in [6.07, 6.45) is 9.09. The molecule has 0 heterocycles. The molecule has 1 aromatic carbocycles. The summed E-state index contributed by atoms with van der Waals surface area (Å²) in [6, 6.07) is 11.2. The number of hydrazine groups is 1. The van der Waals surface area contributed by atoms with E-state index in [1.807, 2.05) is 0 Å². The number of rotatable bonds is 8. The third-order valence-electron chi connectivity index (χ3n) is 3.72. The molecular formula is C15H24N2. The van der Waals surface area contributed by atoms with E-state index in [0.29, 0.717) is 6.04 Å². The molecule has 2 rings (SSSR count). The minimum atomic E-state index is 0.513. The van der Waals surface area contributed by atoms with Crippen molar-refractivity contribution in [1.82, 2.24) is 5.43 Å². The molecule has 1 atom stereocenters. The molecular weight excluding hydrogens is 208 g/mol. The Kier molecular flexibility index (Phi) is 5.02. The van der Waals surface area contributed by atoms with Crippen LogP contribution < -0.4 is 11.3 Å². The first-order chi connectivity index (χ1) is 8.38. The molecule has 3 N–H and O–H groups in total. The number of aryl methyl sites for hydroxylation is 1. The molecule has 1 aromatic rings. The van der Waals surface area contributed by atoms with E-state index in [1.165, 1.54) is 50.5 Å². The average Bonchev–Trinajstić information content (AvgIpc) is 3.19. The van der Waals surface area contributed by atoms with Gasteiger partial charge in [0.15, 0.2) is 0 Å². The highest BCUT2D eigenvalue weighted by atomic mass is 15.2. The minimum Gasteiger partial charge on any atom is -0.271 e. The van der Waals surface area contributed by atoms with Crippen LogP contribution in [0.5, 0.6) is 0 Å². The molecule has 2 nitrogen and oxygen atoms in total. The number of nitrogens with one attached hydrogen (secondary N) is 1. The van der Waals surface area contributed by atoms with Crippen LogP contribution in [0.2, 0.25) is 0 Å². The topological polar surface area (TPSA) is 38.0 Å². The third kappa shape index (κ3) is 4.88. The lowest BCUT2D eigenvalue weighted by Crippen LogP contribution is -2.35. The van der Waals surface area contributed by atoms with E-state index in [2.05, 4.69) is 35.8 Å². The highest BCUT2D eigenvalue weighted by Crippen LogP contribution is 2.34. The Balaban J connectivity index is 1.61. The van der Waals surface area contributed by atoms with Crippen LogP contribution in [0.4, 0.5) is 0 Å². The van der Waals surface area contributed by atoms with Gasteiger partial charge in [0.2, 0.25) is 0 Å². The fraction of sp³-hybridized carbons (Fsp3) is 0.600. The van der Waals surface area contributed by atoms with Crippen molar-refractivity contribution in [3.63, 3.8) is 0 Å². The van der Waals surface area contributed by atoms with Crippen LogP contribution >= 0.6 is 0 Å². The van der Waals surface area contributed by atoms with Crippen molar-refractivity contribution in [3.05, 3.63) is 35.9 Å². The predicted molar refractivity (Wildman–Crippen MR) is 72.4 cm³/mol. The molecule has 0 saturated heterocycles. The van der Waals surface area contributed by atoms with Gasteiger partial charge in [-0.3, -0.25) is 11.3 Å². The van der Waals surface area contributed by atoms with Crippen LogP contribution in [0, 0.1) is 5.92 Å². The Hall–Kier alpha value is -0.860. The lowest BCUT2D eigenvalue weighted by Gasteiger charge is -2.15. The fourth-order valence-electron chi connectivity index (χ4n) is 2.35. The van der Waals surface area contributed by atoms with Gasteiger partial charge in [-0.15, -0.1) is 0 Å². The number of benzene rings is 1. The summed E-state index contributed by atoms with van der Waals surface area (Å²) in [7, 11) is 0. The highest BCUT2D eigenvalue weighted by molar-refractivity contribution is 5.14. The summed E-state index contributed by atoms with van der Waals surface area (Å²) in [5.41, 5.74) is 4.41. The van der Waals surface area contributed by atoms with Gasteiger partial charge in [-0.1, -0.05) is 43.2 Å². The maximum Gasteiger partial charge on any atom is 0.0210 e. The van der Waals surface area contributed by atoms with Crippen molar-refractivity contribution < 1.29 is 0 Å². The number of nitrogens with two attached hydrogens (primary N) is 1. The van der Waals surface area contributed by atoms with Gasteiger partial charge in [0.1, 0.15) is 0 Å². The van der Waals surface area contributed by atoms with E-state index in [-0.39, 0.29) is 0 Å². The van der Waals surface area contributed by atoms with Gasteiger partial charge in [0.25, 0.3) is 0 Å². The van der Waals surface area contributed by atoms with Gasteiger partial charge < -0.3 is 0 Å². The lowest BCUT2D eigenvalue weighted by molar-refractivity contribution is 0.429. The van der Waals surface area contributed by atoms with Crippen LogP contribution in [0.25, 0.3) is 0 Å². The van der Waals surface area contributed by atoms with Gasteiger partial charge in [0, 0.05) is 6.04 Å². The van der Waals surface area contributed by atoms with Gasteiger partial charge in [-0.2, -0.15) is 0 Å². The van der Waals surface area contributed by atoms with Crippen LogP contribution in [0.15, 0.2) is 30.3 Å². The van der Waals surface area contributed by atoms with Crippen LogP contribution in [0.1, 0.15) is 44.1 Å². The van der Waals surface area contributed by atoms with Crippen LogP contribution in [-0.4, -0.2) is 6.04 Å². The fourth-order valence-corrected chi connectivity index (χ4v) is 2.35. The van der Waals surface area contributed by atoms with E-state index < -0.39 is 0 Å². The molecule has 0 spiro atoms. The summed E-state index contributed by atoms with van der Waals surface area (Å²) in [6.45, 7) is 0. The monoisotopic (exact) mass is 232 g/mol. The highest BCUT2D eigenvalue weighted by Gasteiger charge is 2.21. The molecule has 0 amide bonds. The first-order valence-electron chi connectivity index (χ1n) is 6.88. The largest absolute Gasteiger partial charge is 0.271 e. The van der Waals surface area contributed by atoms with Crippen molar-refractivity contribution in [3.8, 4) is 0 Å². The molecule has 17 heavy (non-hydrogen) atoms. The van der Waals surface area contributed by atoms with Gasteiger partial charge in [-0.05, 0) is 43.6 Å². The summed E-state index contributed by atoms with van der Waals surface area (Å²) in [4.78, 5) is 0. The zero-order valence-corrected chi connectivity index (χ0v) is 10.6. The molecule has 1 aliphatic rings. The van der Waals surface area contributed by atoms with Crippen molar-refractivity contribution in [2.24, 2.45) is 11.8 Å². The normalized spacial score (nSPS) is 17.0. The van der Waals surface area contributed by atoms with Crippen molar-refractivity contribution in [2.75, 3.05) is 0 Å². The van der Waals surface area contributed by atoms with E-state index in [1.54, 1.807) is 0 Å². The summed E-state index contributed by atoms with van der Waals surface area (Å²) >= 11 is 0. The molecule has 0 bridgehead atoms. The molecule has 1 unspecified atom stereocenters. The van der Waals surface area contributed by atoms with E-state index in [0.717, 1.165) is 5.92 Å². The van der Waals surface area contributed by atoms with E-state index in [9.17, 15) is 0 Å². The molecule has 1 aliphatic carbocycles. The van der Waals surface area contributed by atoms with E-state index >= 15 is 0 Å². The SMILES string of the molecule is NNC(CCCc1ccccc1)CCC1CC1. The van der Waals surface area contributed by atoms with Crippen molar-refractivity contribution in [1.29, 1.82) is 0 Å². The molecule has 0 aliphatic heterocycles. The Morgan fingerprint density at radius 1 is 1.18 bits per heavy atom. The Bertz CT molecular complexity index is 306. The second kappa shape index (κ2) is 6.77. The molecule has 0 radical (unpaired) electrons. The Morgan fingerprint density at radius 2 is 1.94 bits per heavy atom. The first-order valence-corrected chi connectivity index (χ1v) is 6.88. The van der Waals surface area contributed by atoms with Crippen molar-refractivity contribution >= 4 is 0 Å². The third-order valence-corrected chi connectivity index (χ3v) is 3.72. The zero-order valence-electron chi connectivity index (χ0n) is 10.6. The standard InChI is InChI=1S/C15H24N2/c16-17-15(12-11-14-9-10-14)8-4-7-13-5-2-1-3-6-13/h1-3,5-6,14-15,17H,4,7-12,16H2. The van der Waals surface area contributed by atoms with Crippen LogP contribution in [0.3, 0.4) is 0 Å². The lowest BCUT2D eigenvalue weighted by atomic mass is 10.0. The minimum absolute atomic E-state index is 0.513. The average molecular weight is 232 g/mol. The maximum atomic E-state index is 5.61. The van der Waals surface area contributed by atoms with E-state index in [4.69, 9.17) is 5.84 Å². The smallest absolute Gasteiger partial charge is 0.0210 e. The molecule has 1 saturated carbocycles. The maximum absolute atomic E-state index is 5.61.